The van der Waals surface area contributed by atoms with E-state index in [0.29, 0.717) is 12.5 Å². The molecule has 2 aromatic rings. The molecule has 0 bridgehead atoms. The Bertz CT molecular complexity index is 680. The summed E-state index contributed by atoms with van der Waals surface area (Å²) in [5.41, 5.74) is 2.46. The third kappa shape index (κ3) is 5.15. The van der Waals surface area contributed by atoms with Gasteiger partial charge in [-0.15, -0.1) is 0 Å². The SMILES string of the molecule is CN=C(NCC(=O)NCc1ccco1)N(C)Cc1ccccc1C. The zero-order valence-electron chi connectivity index (χ0n) is 14.4. The van der Waals surface area contributed by atoms with Crippen molar-refractivity contribution in [3.8, 4) is 0 Å². The molecule has 1 aromatic heterocycles. The Morgan fingerprint density at radius 3 is 2.67 bits per heavy atom. The van der Waals surface area contributed by atoms with Gasteiger partial charge in [0.1, 0.15) is 5.76 Å². The molecule has 1 aromatic carbocycles. The van der Waals surface area contributed by atoms with Crippen LogP contribution < -0.4 is 10.6 Å². The van der Waals surface area contributed by atoms with Crippen molar-refractivity contribution in [3.63, 3.8) is 0 Å². The molecule has 2 N–H and O–H groups in total. The number of benzene rings is 1. The van der Waals surface area contributed by atoms with E-state index >= 15 is 0 Å². The lowest BCUT2D eigenvalue weighted by molar-refractivity contribution is -0.120. The maximum atomic E-state index is 11.9. The van der Waals surface area contributed by atoms with Gasteiger partial charge in [0.25, 0.3) is 0 Å². The van der Waals surface area contributed by atoms with Crippen LogP contribution in [0, 0.1) is 6.92 Å². The summed E-state index contributed by atoms with van der Waals surface area (Å²) in [5, 5.41) is 5.87. The number of rotatable bonds is 6. The molecule has 0 radical (unpaired) electrons. The Hall–Kier alpha value is -2.76. The number of nitrogens with zero attached hydrogens (tertiary/aromatic N) is 2. The fourth-order valence-electron chi connectivity index (χ4n) is 2.32. The summed E-state index contributed by atoms with van der Waals surface area (Å²) in [6.07, 6.45) is 1.59. The predicted molar refractivity (Wildman–Crippen MR) is 94.6 cm³/mol. The molecule has 6 nitrogen and oxygen atoms in total. The van der Waals surface area contributed by atoms with E-state index in [9.17, 15) is 4.79 Å². The highest BCUT2D eigenvalue weighted by atomic mass is 16.3. The van der Waals surface area contributed by atoms with Crippen molar-refractivity contribution in [1.29, 1.82) is 0 Å². The summed E-state index contributed by atoms with van der Waals surface area (Å²) in [6, 6.07) is 11.8. The minimum Gasteiger partial charge on any atom is -0.467 e. The van der Waals surface area contributed by atoms with Crippen molar-refractivity contribution in [2.45, 2.75) is 20.0 Å². The van der Waals surface area contributed by atoms with E-state index in [1.54, 1.807) is 19.4 Å². The van der Waals surface area contributed by atoms with Gasteiger partial charge in [-0.25, -0.2) is 0 Å². The molecule has 0 aliphatic rings. The number of amides is 1. The predicted octanol–water partition coefficient (Wildman–Crippen LogP) is 1.91. The number of furan rings is 1. The molecule has 0 aliphatic heterocycles. The van der Waals surface area contributed by atoms with Gasteiger partial charge in [-0.1, -0.05) is 24.3 Å². The van der Waals surface area contributed by atoms with Gasteiger partial charge in [0.05, 0.1) is 19.4 Å². The number of hydrogen-bond donors (Lipinski definition) is 2. The van der Waals surface area contributed by atoms with Gasteiger partial charge >= 0.3 is 0 Å². The summed E-state index contributed by atoms with van der Waals surface area (Å²) < 4.78 is 5.18. The van der Waals surface area contributed by atoms with E-state index in [2.05, 4.69) is 34.7 Å². The lowest BCUT2D eigenvalue weighted by Crippen LogP contribution is -2.43. The Labute approximate surface area is 142 Å². The van der Waals surface area contributed by atoms with Gasteiger partial charge in [0.15, 0.2) is 5.96 Å². The Morgan fingerprint density at radius 1 is 1.21 bits per heavy atom. The summed E-state index contributed by atoms with van der Waals surface area (Å²) in [5.74, 6) is 1.28. The van der Waals surface area contributed by atoms with Gasteiger partial charge in [0, 0.05) is 20.6 Å². The molecule has 0 atom stereocenters. The third-order valence-electron chi connectivity index (χ3n) is 3.69. The van der Waals surface area contributed by atoms with Crippen molar-refractivity contribution in [2.75, 3.05) is 20.6 Å². The minimum absolute atomic E-state index is 0.114. The Morgan fingerprint density at radius 2 is 2.00 bits per heavy atom. The normalized spacial score (nSPS) is 11.2. The number of nitrogens with one attached hydrogen (secondary N) is 2. The first-order chi connectivity index (χ1) is 11.6. The van der Waals surface area contributed by atoms with Gasteiger partial charge in [-0.2, -0.15) is 0 Å². The minimum atomic E-state index is -0.114. The van der Waals surface area contributed by atoms with Crippen LogP contribution in [0.15, 0.2) is 52.1 Å². The molecule has 0 unspecified atom stereocenters. The van der Waals surface area contributed by atoms with E-state index in [1.165, 1.54) is 11.1 Å². The van der Waals surface area contributed by atoms with Crippen LogP contribution >= 0.6 is 0 Å². The topological polar surface area (TPSA) is 69.9 Å². The highest BCUT2D eigenvalue weighted by Crippen LogP contribution is 2.09. The first-order valence-corrected chi connectivity index (χ1v) is 7.85. The average Bonchev–Trinajstić information content (AvgIpc) is 3.09. The lowest BCUT2D eigenvalue weighted by Gasteiger charge is -2.22. The quantitative estimate of drug-likeness (QED) is 0.628. The molecule has 0 saturated carbocycles. The van der Waals surface area contributed by atoms with E-state index < -0.39 is 0 Å². The van der Waals surface area contributed by atoms with Crippen LogP contribution in [-0.4, -0.2) is 37.4 Å². The van der Waals surface area contributed by atoms with Gasteiger partial charge in [-0.05, 0) is 30.2 Å². The van der Waals surface area contributed by atoms with Gasteiger partial charge in [0.2, 0.25) is 5.91 Å². The highest BCUT2D eigenvalue weighted by Gasteiger charge is 2.10. The average molecular weight is 328 g/mol. The molecule has 1 amide bonds. The molecule has 1 heterocycles. The molecule has 0 aliphatic carbocycles. The number of hydrogen-bond acceptors (Lipinski definition) is 3. The van der Waals surface area contributed by atoms with E-state index in [4.69, 9.17) is 4.42 Å². The smallest absolute Gasteiger partial charge is 0.239 e. The Kier molecular flexibility index (Phi) is 6.42. The first-order valence-electron chi connectivity index (χ1n) is 7.85. The largest absolute Gasteiger partial charge is 0.467 e. The van der Waals surface area contributed by atoms with Gasteiger partial charge in [-0.3, -0.25) is 9.79 Å². The van der Waals surface area contributed by atoms with E-state index in [0.717, 1.165) is 12.3 Å². The van der Waals surface area contributed by atoms with Crippen molar-refractivity contribution in [2.24, 2.45) is 4.99 Å². The molecule has 6 heteroatoms. The number of aryl methyl sites for hydroxylation is 1. The fourth-order valence-corrected chi connectivity index (χ4v) is 2.32. The lowest BCUT2D eigenvalue weighted by atomic mass is 10.1. The Balaban J connectivity index is 1.80. The summed E-state index contributed by atoms with van der Waals surface area (Å²) in [6.45, 7) is 3.35. The van der Waals surface area contributed by atoms with E-state index in [-0.39, 0.29) is 12.5 Å². The first kappa shape index (κ1) is 17.6. The second-order valence-corrected chi connectivity index (χ2v) is 5.54. The fraction of sp³-hybridized carbons (Fsp3) is 0.333. The molecular formula is C18H24N4O2. The second-order valence-electron chi connectivity index (χ2n) is 5.54. The molecular weight excluding hydrogens is 304 g/mol. The van der Waals surface area contributed by atoms with Crippen molar-refractivity contribution < 1.29 is 9.21 Å². The van der Waals surface area contributed by atoms with Crippen molar-refractivity contribution in [3.05, 3.63) is 59.5 Å². The number of carbonyl (C=O) groups is 1. The molecule has 0 saturated heterocycles. The summed E-state index contributed by atoms with van der Waals surface area (Å²) in [4.78, 5) is 18.1. The number of guanidine groups is 1. The van der Waals surface area contributed by atoms with Crippen molar-refractivity contribution in [1.82, 2.24) is 15.5 Å². The van der Waals surface area contributed by atoms with Crippen LogP contribution in [0.25, 0.3) is 0 Å². The van der Waals surface area contributed by atoms with Crippen LogP contribution in [0.2, 0.25) is 0 Å². The summed E-state index contributed by atoms with van der Waals surface area (Å²) in [7, 11) is 3.65. The standard InChI is InChI=1S/C18H24N4O2/c1-14-7-4-5-8-15(14)13-22(3)18(19-2)21-12-17(23)20-11-16-9-6-10-24-16/h4-10H,11-13H2,1-3H3,(H,19,21)(H,20,23). The van der Waals surface area contributed by atoms with Crippen molar-refractivity contribution >= 4 is 11.9 Å². The van der Waals surface area contributed by atoms with Crippen LogP contribution in [0.4, 0.5) is 0 Å². The van der Waals surface area contributed by atoms with Crippen LogP contribution in [0.1, 0.15) is 16.9 Å². The monoisotopic (exact) mass is 328 g/mol. The zero-order valence-corrected chi connectivity index (χ0v) is 14.4. The van der Waals surface area contributed by atoms with Crippen LogP contribution in [0.5, 0.6) is 0 Å². The number of carbonyl (C=O) groups excluding carboxylic acids is 1. The van der Waals surface area contributed by atoms with Gasteiger partial charge < -0.3 is 20.0 Å². The number of aliphatic imine (C=N–C) groups is 1. The second kappa shape index (κ2) is 8.76. The molecule has 128 valence electrons. The maximum absolute atomic E-state index is 11.9. The molecule has 0 fully saturated rings. The van der Waals surface area contributed by atoms with E-state index in [1.807, 2.05) is 30.1 Å². The third-order valence-corrected chi connectivity index (χ3v) is 3.69. The van der Waals surface area contributed by atoms with Crippen LogP contribution in [-0.2, 0) is 17.9 Å². The maximum Gasteiger partial charge on any atom is 0.239 e. The summed E-state index contributed by atoms with van der Waals surface area (Å²) >= 11 is 0. The highest BCUT2D eigenvalue weighted by molar-refractivity contribution is 5.86. The molecule has 24 heavy (non-hydrogen) atoms. The molecule has 2 rings (SSSR count). The zero-order chi connectivity index (χ0) is 17.4. The molecule has 0 spiro atoms. The van der Waals surface area contributed by atoms with Crippen LogP contribution in [0.3, 0.4) is 0 Å².